The van der Waals surface area contributed by atoms with Crippen molar-refractivity contribution in [3.63, 3.8) is 0 Å². The van der Waals surface area contributed by atoms with Gasteiger partial charge in [-0.1, -0.05) is 63.2 Å². The van der Waals surface area contributed by atoms with Gasteiger partial charge in [-0.25, -0.2) is 18.2 Å². The van der Waals surface area contributed by atoms with Crippen LogP contribution in [-0.4, -0.2) is 94.8 Å². The topological polar surface area (TPSA) is 195 Å². The molecule has 4 aromatic rings. The molecule has 2 aromatic carbocycles. The summed E-state index contributed by atoms with van der Waals surface area (Å²) in [5.74, 6) is -1.69. The Labute approximate surface area is 368 Å². The Morgan fingerprint density at radius 3 is 2.33 bits per heavy atom. The van der Waals surface area contributed by atoms with Crippen molar-refractivity contribution in [2.75, 3.05) is 13.7 Å². The average molecular weight is 881 g/mol. The molecule has 3 heterocycles. The van der Waals surface area contributed by atoms with E-state index in [1.165, 1.54) is 11.0 Å². The smallest absolute Gasteiger partial charge is 0.408 e. The van der Waals surface area contributed by atoms with Gasteiger partial charge in [0.2, 0.25) is 21.8 Å². The average Bonchev–Trinajstić information content (AvgIpc) is 4.13. The minimum atomic E-state index is -4.20. The van der Waals surface area contributed by atoms with Gasteiger partial charge in [-0.15, -0.1) is 6.58 Å². The number of pyridine rings is 2. The first-order valence-electron chi connectivity index (χ1n) is 21.1. The SMILES string of the molecule is C=CC1C[C@]1(NC(=O)[C@@H]1C[C@@H](Oc2cc(-c3ccccc3)nc3cc(OC)ccc23)CN1C(=O)[C@@H](NC(=O)OC(C)(C)C)C(C)(C)C)C(=O)NS(=O)(=O)C1(Cc2cccnc2)CC1. The summed E-state index contributed by atoms with van der Waals surface area (Å²) in [4.78, 5) is 67.3. The molecule has 3 fully saturated rings. The van der Waals surface area contributed by atoms with Gasteiger partial charge in [0.05, 0.1) is 29.6 Å². The van der Waals surface area contributed by atoms with Crippen molar-refractivity contribution in [2.24, 2.45) is 11.3 Å². The van der Waals surface area contributed by atoms with Crippen molar-refractivity contribution in [1.29, 1.82) is 0 Å². The van der Waals surface area contributed by atoms with Crippen molar-refractivity contribution in [1.82, 2.24) is 30.2 Å². The maximum atomic E-state index is 14.8. The fraction of sp³-hybridized carbons (Fsp3) is 0.447. The van der Waals surface area contributed by atoms with Gasteiger partial charge in [0.25, 0.3) is 5.91 Å². The second-order valence-electron chi connectivity index (χ2n) is 18.8. The van der Waals surface area contributed by atoms with Gasteiger partial charge in [-0.3, -0.25) is 24.1 Å². The molecular formula is C47H56N6O9S. The van der Waals surface area contributed by atoms with E-state index in [0.717, 1.165) is 11.1 Å². The summed E-state index contributed by atoms with van der Waals surface area (Å²) < 4.78 is 46.6. The third-order valence-corrected chi connectivity index (χ3v) is 14.0. The Balaban J connectivity index is 1.20. The lowest BCUT2D eigenvalue weighted by molar-refractivity contribution is -0.143. The first-order valence-corrected chi connectivity index (χ1v) is 22.6. The van der Waals surface area contributed by atoms with Crippen molar-refractivity contribution in [2.45, 2.75) is 108 Å². The molecule has 1 unspecified atom stereocenters. The number of hydrogen-bond donors (Lipinski definition) is 3. The van der Waals surface area contributed by atoms with Crippen LogP contribution in [0.25, 0.3) is 22.2 Å². The van der Waals surface area contributed by atoms with E-state index in [2.05, 4.69) is 26.9 Å². The minimum absolute atomic E-state index is 0.00943. The third kappa shape index (κ3) is 9.65. The Morgan fingerprint density at radius 2 is 1.73 bits per heavy atom. The number of aromatic nitrogens is 2. The van der Waals surface area contributed by atoms with Crippen molar-refractivity contribution in [3.8, 4) is 22.8 Å². The van der Waals surface area contributed by atoms with E-state index in [1.54, 1.807) is 85.3 Å². The number of sulfonamides is 1. The largest absolute Gasteiger partial charge is 0.497 e. The molecule has 3 aliphatic rings. The number of alkyl carbamates (subject to hydrolysis) is 1. The molecule has 334 valence electrons. The Morgan fingerprint density at radius 1 is 1.00 bits per heavy atom. The van der Waals surface area contributed by atoms with Crippen LogP contribution in [0.2, 0.25) is 0 Å². The van der Waals surface area contributed by atoms with Gasteiger partial charge >= 0.3 is 6.09 Å². The molecular weight excluding hydrogens is 825 g/mol. The molecule has 1 saturated heterocycles. The third-order valence-electron chi connectivity index (χ3n) is 11.9. The van der Waals surface area contributed by atoms with Crippen LogP contribution in [0, 0.1) is 11.3 Å². The van der Waals surface area contributed by atoms with E-state index >= 15 is 0 Å². The number of amides is 4. The number of likely N-dealkylation sites (tertiary alicyclic amines) is 1. The first-order chi connectivity index (χ1) is 29.7. The Kier molecular flexibility index (Phi) is 12.1. The fourth-order valence-electron chi connectivity index (χ4n) is 8.17. The number of benzene rings is 2. The van der Waals surface area contributed by atoms with Crippen LogP contribution in [0.1, 0.15) is 72.8 Å². The summed E-state index contributed by atoms with van der Waals surface area (Å²) in [6, 6.07) is 17.9. The predicted molar refractivity (Wildman–Crippen MR) is 237 cm³/mol. The van der Waals surface area contributed by atoms with E-state index < -0.39 is 79.2 Å². The molecule has 0 bridgehead atoms. The predicted octanol–water partition coefficient (Wildman–Crippen LogP) is 5.88. The van der Waals surface area contributed by atoms with Gasteiger partial charge in [0.15, 0.2) is 0 Å². The molecule has 63 heavy (non-hydrogen) atoms. The van der Waals surface area contributed by atoms with Gasteiger partial charge in [-0.2, -0.15) is 0 Å². The van der Waals surface area contributed by atoms with Crippen LogP contribution in [0.15, 0.2) is 91.8 Å². The van der Waals surface area contributed by atoms with E-state index in [0.29, 0.717) is 40.9 Å². The summed E-state index contributed by atoms with van der Waals surface area (Å²) >= 11 is 0. The molecule has 15 nitrogen and oxygen atoms in total. The highest BCUT2D eigenvalue weighted by molar-refractivity contribution is 7.91. The molecule has 2 saturated carbocycles. The highest BCUT2D eigenvalue weighted by Gasteiger charge is 2.63. The van der Waals surface area contributed by atoms with Crippen LogP contribution in [0.4, 0.5) is 4.79 Å². The maximum Gasteiger partial charge on any atom is 0.408 e. The van der Waals surface area contributed by atoms with Crippen molar-refractivity contribution in [3.05, 3.63) is 97.3 Å². The maximum absolute atomic E-state index is 14.8. The summed E-state index contributed by atoms with van der Waals surface area (Å²) in [5.41, 5.74) is -0.570. The Bertz CT molecular complexity index is 2520. The number of hydrogen-bond acceptors (Lipinski definition) is 11. The zero-order valence-corrected chi connectivity index (χ0v) is 37.6. The number of methoxy groups -OCH3 is 1. The van der Waals surface area contributed by atoms with E-state index in [1.807, 2.05) is 42.5 Å². The van der Waals surface area contributed by atoms with Crippen LogP contribution in [0.3, 0.4) is 0 Å². The summed E-state index contributed by atoms with van der Waals surface area (Å²) in [6.07, 6.45) is 4.11. The van der Waals surface area contributed by atoms with Crippen LogP contribution >= 0.6 is 0 Å². The van der Waals surface area contributed by atoms with E-state index in [9.17, 15) is 27.6 Å². The molecule has 4 amide bonds. The number of nitrogens with one attached hydrogen (secondary N) is 3. The van der Waals surface area contributed by atoms with E-state index in [4.69, 9.17) is 19.2 Å². The van der Waals surface area contributed by atoms with Crippen LogP contribution in [0.5, 0.6) is 11.5 Å². The number of ether oxygens (including phenoxy) is 3. The fourth-order valence-corrected chi connectivity index (χ4v) is 9.80. The van der Waals surface area contributed by atoms with Gasteiger partial charge < -0.3 is 29.7 Å². The zero-order valence-electron chi connectivity index (χ0n) is 36.8. The van der Waals surface area contributed by atoms with E-state index in [-0.39, 0.29) is 25.8 Å². The quantitative estimate of drug-likeness (QED) is 0.128. The minimum Gasteiger partial charge on any atom is -0.497 e. The summed E-state index contributed by atoms with van der Waals surface area (Å²) in [7, 11) is -2.64. The second-order valence-corrected chi connectivity index (χ2v) is 20.9. The number of fused-ring (bicyclic) bond motifs is 1. The molecule has 7 rings (SSSR count). The molecule has 2 aliphatic carbocycles. The second kappa shape index (κ2) is 16.9. The molecule has 2 aromatic heterocycles. The number of nitrogens with zero attached hydrogens (tertiary/aromatic N) is 3. The molecule has 16 heteroatoms. The summed E-state index contributed by atoms with van der Waals surface area (Å²) in [6.45, 7) is 14.3. The van der Waals surface area contributed by atoms with Crippen molar-refractivity contribution < 1.29 is 41.8 Å². The molecule has 0 radical (unpaired) electrons. The standard InChI is InChI=1S/C47H56N6O9S/c1-9-31-26-47(31,42(56)52-63(58,59)46(19-20-46)25-29-14-13-21-48-27-29)51-40(54)37-23-33(28-53(37)41(55)39(44(2,3)4)50-43(57)62-45(5,6)7)61-38-24-35(30-15-11-10-12-16-30)49-36-22-32(60-8)17-18-34(36)38/h9-18,21-22,24,27,31,33,37,39H,1,19-20,23,25-26,28H2,2-8H3,(H,50,57)(H,51,54)(H,52,56)/t31?,33-,37+,39-,47-/m1/s1. The molecule has 3 N–H and O–H groups in total. The van der Waals surface area contributed by atoms with Gasteiger partial charge in [0, 0.05) is 47.8 Å². The van der Waals surface area contributed by atoms with Gasteiger partial charge in [-0.05, 0) is 75.6 Å². The molecule has 0 spiro atoms. The lowest BCUT2D eigenvalue weighted by Crippen LogP contribution is -2.60. The normalized spacial score (nSPS) is 22.0. The van der Waals surface area contributed by atoms with Crippen molar-refractivity contribution >= 4 is 44.7 Å². The van der Waals surface area contributed by atoms with Crippen LogP contribution < -0.4 is 24.8 Å². The highest BCUT2D eigenvalue weighted by atomic mass is 32.2. The van der Waals surface area contributed by atoms with Crippen LogP contribution in [-0.2, 0) is 35.6 Å². The number of carbonyl (C=O) groups is 4. The lowest BCUT2D eigenvalue weighted by Gasteiger charge is -2.36. The molecule has 1 aliphatic heterocycles. The lowest BCUT2D eigenvalue weighted by atomic mass is 9.85. The summed E-state index contributed by atoms with van der Waals surface area (Å²) in [5, 5.41) is 6.27. The highest BCUT2D eigenvalue weighted by Crippen LogP contribution is 2.48. The molecule has 5 atom stereocenters. The Hall–Kier alpha value is -6.03. The zero-order chi connectivity index (χ0) is 45.5. The number of rotatable bonds is 14. The number of carbonyl (C=O) groups excluding carboxylic acids is 4. The first kappa shape index (κ1) is 45.0. The monoisotopic (exact) mass is 880 g/mol. The van der Waals surface area contributed by atoms with Gasteiger partial charge in [0.1, 0.15) is 40.8 Å².